The van der Waals surface area contributed by atoms with E-state index in [-0.39, 0.29) is 30.4 Å². The number of amides is 3. The topological polar surface area (TPSA) is 90.4 Å². The fraction of sp³-hybridized carbons (Fsp3) is 0.581. The summed E-state index contributed by atoms with van der Waals surface area (Å²) in [6, 6.07) is 7.95. The number of hydrogen-bond donors (Lipinski definition) is 1. The Balaban J connectivity index is 1.67. The molecule has 0 saturated carbocycles. The molecule has 4 aliphatic rings. The van der Waals surface area contributed by atoms with Crippen molar-refractivity contribution in [2.24, 2.45) is 11.8 Å². The smallest absolute Gasteiger partial charge is 0.249 e. The summed E-state index contributed by atoms with van der Waals surface area (Å²) in [6.07, 6.45) is 10.5. The molecule has 0 aliphatic carbocycles. The molecule has 2 unspecified atom stereocenters. The summed E-state index contributed by atoms with van der Waals surface area (Å²) in [5.74, 6) is -2.34. The van der Waals surface area contributed by atoms with Crippen LogP contribution < -0.4 is 4.90 Å². The number of rotatable bonds is 8. The van der Waals surface area contributed by atoms with E-state index in [1.54, 1.807) is 9.80 Å². The molecular formula is C31H41N3O5. The number of aliphatic hydroxyl groups is 1. The molecule has 4 heterocycles. The van der Waals surface area contributed by atoms with Crippen molar-refractivity contribution in [1.29, 1.82) is 0 Å². The van der Waals surface area contributed by atoms with E-state index in [0.29, 0.717) is 25.9 Å². The van der Waals surface area contributed by atoms with Gasteiger partial charge in [-0.2, -0.15) is 0 Å². The Morgan fingerprint density at radius 3 is 2.33 bits per heavy atom. The molecule has 8 heteroatoms. The summed E-state index contributed by atoms with van der Waals surface area (Å²) in [4.78, 5) is 48.5. The molecule has 0 bridgehead atoms. The van der Waals surface area contributed by atoms with Crippen LogP contribution >= 0.6 is 0 Å². The van der Waals surface area contributed by atoms with Crippen molar-refractivity contribution in [3.8, 4) is 0 Å². The van der Waals surface area contributed by atoms with Crippen LogP contribution in [0.4, 0.5) is 5.69 Å². The predicted octanol–water partition coefficient (Wildman–Crippen LogP) is 3.31. The van der Waals surface area contributed by atoms with E-state index in [1.165, 1.54) is 0 Å². The van der Waals surface area contributed by atoms with Gasteiger partial charge in [-0.15, -0.1) is 0 Å². The summed E-state index contributed by atoms with van der Waals surface area (Å²) >= 11 is 0. The van der Waals surface area contributed by atoms with Crippen LogP contribution in [0.25, 0.3) is 0 Å². The average molecular weight is 536 g/mol. The molecule has 1 spiro atoms. The molecule has 2 saturated heterocycles. The van der Waals surface area contributed by atoms with Gasteiger partial charge in [0.2, 0.25) is 17.7 Å². The molecule has 210 valence electrons. The lowest BCUT2D eigenvalue weighted by atomic mass is 9.73. The zero-order valence-corrected chi connectivity index (χ0v) is 23.5. The van der Waals surface area contributed by atoms with Crippen molar-refractivity contribution >= 4 is 23.4 Å². The van der Waals surface area contributed by atoms with E-state index in [9.17, 15) is 19.5 Å². The highest BCUT2D eigenvalue weighted by Crippen LogP contribution is 2.59. The summed E-state index contributed by atoms with van der Waals surface area (Å²) in [5.41, 5.74) is -1.58. The fourth-order valence-electron chi connectivity index (χ4n) is 7.33. The molecule has 1 aromatic rings. The van der Waals surface area contributed by atoms with Gasteiger partial charge in [0, 0.05) is 24.8 Å². The third-order valence-electron chi connectivity index (χ3n) is 9.29. The van der Waals surface area contributed by atoms with Crippen molar-refractivity contribution in [3.05, 3.63) is 54.6 Å². The molecule has 8 nitrogen and oxygen atoms in total. The second kappa shape index (κ2) is 10.5. The molecule has 39 heavy (non-hydrogen) atoms. The van der Waals surface area contributed by atoms with Crippen LogP contribution in [0.15, 0.2) is 54.6 Å². The van der Waals surface area contributed by atoms with Crippen molar-refractivity contribution in [3.63, 3.8) is 0 Å². The third kappa shape index (κ3) is 4.06. The number of carbonyl (C=O) groups is 3. The van der Waals surface area contributed by atoms with Crippen molar-refractivity contribution in [2.45, 2.75) is 82.7 Å². The number of ether oxygens (including phenoxy) is 1. The summed E-state index contributed by atoms with van der Waals surface area (Å²) in [7, 11) is 0. The number of fused-ring (bicyclic) bond motifs is 2. The van der Waals surface area contributed by atoms with Crippen LogP contribution in [-0.2, 0) is 19.1 Å². The van der Waals surface area contributed by atoms with Crippen molar-refractivity contribution in [1.82, 2.24) is 9.80 Å². The van der Waals surface area contributed by atoms with E-state index >= 15 is 0 Å². The minimum Gasteiger partial charge on any atom is -0.394 e. The molecule has 7 atom stereocenters. The maximum absolute atomic E-state index is 14.5. The van der Waals surface area contributed by atoms with E-state index in [2.05, 4.69) is 6.92 Å². The van der Waals surface area contributed by atoms with E-state index in [4.69, 9.17) is 4.74 Å². The number of hydrogen-bond acceptors (Lipinski definition) is 5. The number of carbonyl (C=O) groups excluding carboxylic acids is 3. The van der Waals surface area contributed by atoms with Gasteiger partial charge >= 0.3 is 0 Å². The van der Waals surface area contributed by atoms with E-state index in [1.807, 2.05) is 80.3 Å². The minimum absolute atomic E-state index is 0.0189. The predicted molar refractivity (Wildman–Crippen MR) is 149 cm³/mol. The first-order chi connectivity index (χ1) is 18.8. The van der Waals surface area contributed by atoms with Gasteiger partial charge < -0.3 is 24.5 Å². The number of nitrogens with zero attached hydrogens (tertiary/aromatic N) is 3. The lowest BCUT2D eigenvalue weighted by Crippen LogP contribution is -2.59. The lowest BCUT2D eigenvalue weighted by molar-refractivity contribution is -0.156. The number of para-hydroxylation sites is 1. The summed E-state index contributed by atoms with van der Waals surface area (Å²) in [5, 5.41) is 10.3. The molecule has 1 aromatic carbocycles. The highest BCUT2D eigenvalue weighted by Gasteiger charge is 2.76. The Morgan fingerprint density at radius 2 is 1.69 bits per heavy atom. The molecule has 3 amide bonds. The summed E-state index contributed by atoms with van der Waals surface area (Å²) < 4.78 is 7.02. The van der Waals surface area contributed by atoms with Crippen LogP contribution in [0.3, 0.4) is 0 Å². The van der Waals surface area contributed by atoms with Gasteiger partial charge in [-0.05, 0) is 38.3 Å². The van der Waals surface area contributed by atoms with Gasteiger partial charge in [0.15, 0.2) is 0 Å². The molecule has 0 radical (unpaired) electrons. The van der Waals surface area contributed by atoms with Gasteiger partial charge in [0.25, 0.3) is 0 Å². The van der Waals surface area contributed by atoms with Crippen LogP contribution in [0.2, 0.25) is 0 Å². The van der Waals surface area contributed by atoms with Crippen LogP contribution in [0.5, 0.6) is 0 Å². The maximum atomic E-state index is 14.5. The number of likely N-dealkylation sites (tertiary alicyclic amines) is 1. The van der Waals surface area contributed by atoms with Gasteiger partial charge in [-0.3, -0.25) is 14.4 Å². The van der Waals surface area contributed by atoms with Gasteiger partial charge in [-0.1, -0.05) is 69.7 Å². The average Bonchev–Trinajstić information content (AvgIpc) is 3.23. The minimum atomic E-state index is -1.31. The molecule has 5 rings (SSSR count). The Labute approximate surface area is 231 Å². The Bertz CT molecular complexity index is 1160. The maximum Gasteiger partial charge on any atom is 0.249 e. The zero-order chi connectivity index (χ0) is 27.9. The van der Waals surface area contributed by atoms with Crippen molar-refractivity contribution in [2.75, 3.05) is 24.6 Å². The second-order valence-corrected chi connectivity index (χ2v) is 11.3. The number of benzene rings is 1. The van der Waals surface area contributed by atoms with Gasteiger partial charge in [-0.25, -0.2) is 0 Å². The quantitative estimate of drug-likeness (QED) is 0.516. The van der Waals surface area contributed by atoms with E-state index < -0.39 is 35.1 Å². The first kappa shape index (κ1) is 27.6. The van der Waals surface area contributed by atoms with Crippen molar-refractivity contribution < 1.29 is 24.2 Å². The fourth-order valence-corrected chi connectivity index (χ4v) is 7.33. The normalized spacial score (nSPS) is 33.5. The largest absolute Gasteiger partial charge is 0.394 e. The first-order valence-corrected chi connectivity index (χ1v) is 14.5. The molecule has 4 aliphatic heterocycles. The standard InChI is InChI=1S/C31H41N3O5/c1-5-13-21(4)32-18-12-17-31-25(28(37)34(22(6-2)20-35)26(31)29(32)38)24-27(36)33(23-14-9-8-10-15-23)19-11-16-30(24,7-3)39-31/h8-12,14-17,21-22,24-26,35H,5-7,13,18-20H2,1-4H3/t21?,22-,24+,25-,26?,30-,31-/m0/s1. The molecule has 2 fully saturated rings. The Kier molecular flexibility index (Phi) is 7.46. The highest BCUT2D eigenvalue weighted by molar-refractivity contribution is 6.04. The van der Waals surface area contributed by atoms with Gasteiger partial charge in [0.1, 0.15) is 11.6 Å². The Morgan fingerprint density at radius 1 is 0.974 bits per heavy atom. The first-order valence-electron chi connectivity index (χ1n) is 14.5. The second-order valence-electron chi connectivity index (χ2n) is 11.3. The number of aliphatic hydroxyl groups excluding tert-OH is 1. The van der Waals surface area contributed by atoms with Gasteiger partial charge in [0.05, 0.1) is 30.1 Å². The molecule has 1 N–H and O–H groups in total. The Hall–Kier alpha value is -2.97. The molecule has 0 aromatic heterocycles. The van der Waals surface area contributed by atoms with Crippen LogP contribution in [0.1, 0.15) is 53.4 Å². The molecular weight excluding hydrogens is 494 g/mol. The monoisotopic (exact) mass is 535 g/mol. The third-order valence-corrected chi connectivity index (χ3v) is 9.29. The summed E-state index contributed by atoms with van der Waals surface area (Å²) in [6.45, 7) is 8.51. The SMILES string of the molecule is CCCC(C)N1CC=C[C@]23O[C@@]4(CC)C=CCN(c5ccccc5)C(=O)[C@H]4[C@H]2C(=O)N([C@@H](CC)CO)C3C1=O. The number of anilines is 1. The zero-order valence-electron chi connectivity index (χ0n) is 23.5. The van der Waals surface area contributed by atoms with Crippen LogP contribution in [-0.4, -0.2) is 81.7 Å². The lowest BCUT2D eigenvalue weighted by Gasteiger charge is -2.41. The highest BCUT2D eigenvalue weighted by atomic mass is 16.5. The van der Waals surface area contributed by atoms with Crippen LogP contribution in [0, 0.1) is 11.8 Å². The van der Waals surface area contributed by atoms with E-state index in [0.717, 1.165) is 18.5 Å².